The largest absolute Gasteiger partial charge is 0.497 e. The highest BCUT2D eigenvalue weighted by atomic mass is 16.5. The normalized spacial score (nSPS) is 14.6. The quantitative estimate of drug-likeness (QED) is 0.769. The van der Waals surface area contributed by atoms with Gasteiger partial charge in [0, 0.05) is 6.20 Å². The number of aromatic nitrogens is 1. The lowest BCUT2D eigenvalue weighted by atomic mass is 9.76. The molecule has 122 valence electrons. The summed E-state index contributed by atoms with van der Waals surface area (Å²) in [6, 6.07) is 23.3. The highest BCUT2D eigenvalue weighted by molar-refractivity contribution is 5.40. The van der Waals surface area contributed by atoms with Crippen LogP contribution in [-0.2, 0) is 5.60 Å². The Bertz CT molecular complexity index is 746. The fourth-order valence-electron chi connectivity index (χ4n) is 3.08. The van der Waals surface area contributed by atoms with Crippen LogP contribution in [0.5, 0.6) is 5.75 Å². The van der Waals surface area contributed by atoms with E-state index in [4.69, 9.17) is 4.74 Å². The first-order valence-corrected chi connectivity index (χ1v) is 7.95. The van der Waals surface area contributed by atoms with E-state index >= 15 is 0 Å². The molecule has 0 aliphatic rings. The van der Waals surface area contributed by atoms with Gasteiger partial charge in [0.1, 0.15) is 5.75 Å². The standard InChI is InChI=1S/C21H21NO2/c1-21(23,17-11-8-12-18(15-17)24-2)20(16-9-4-3-5-10-16)19-13-6-7-14-22-19/h3-15,20,23H,1-2H3/t20-,21+/m1/s1. The van der Waals surface area contributed by atoms with E-state index in [1.54, 1.807) is 13.3 Å². The highest BCUT2D eigenvalue weighted by Crippen LogP contribution is 2.41. The number of methoxy groups -OCH3 is 1. The Hall–Kier alpha value is -2.65. The van der Waals surface area contributed by atoms with Gasteiger partial charge in [0.05, 0.1) is 24.3 Å². The topological polar surface area (TPSA) is 42.4 Å². The summed E-state index contributed by atoms with van der Waals surface area (Å²) in [4.78, 5) is 4.50. The van der Waals surface area contributed by atoms with Gasteiger partial charge in [-0.15, -0.1) is 0 Å². The maximum absolute atomic E-state index is 11.5. The third-order valence-corrected chi connectivity index (χ3v) is 4.33. The maximum Gasteiger partial charge on any atom is 0.119 e. The van der Waals surface area contributed by atoms with Gasteiger partial charge in [0.15, 0.2) is 0 Å². The number of hydrogen-bond acceptors (Lipinski definition) is 3. The SMILES string of the molecule is COc1cccc([C@](C)(O)[C@H](c2ccccc2)c2ccccn2)c1. The van der Waals surface area contributed by atoms with Crippen LogP contribution in [0.2, 0.25) is 0 Å². The van der Waals surface area contributed by atoms with E-state index in [1.165, 1.54) is 0 Å². The monoisotopic (exact) mass is 319 g/mol. The molecule has 1 N–H and O–H groups in total. The molecule has 0 saturated carbocycles. The van der Waals surface area contributed by atoms with Crippen LogP contribution >= 0.6 is 0 Å². The zero-order chi connectivity index (χ0) is 17.0. The number of pyridine rings is 1. The van der Waals surface area contributed by atoms with Gasteiger partial charge in [-0.3, -0.25) is 4.98 Å². The molecule has 1 heterocycles. The van der Waals surface area contributed by atoms with Crippen molar-refractivity contribution in [2.24, 2.45) is 0 Å². The van der Waals surface area contributed by atoms with Crippen molar-refractivity contribution < 1.29 is 9.84 Å². The van der Waals surface area contributed by atoms with Gasteiger partial charge in [-0.1, -0.05) is 48.5 Å². The lowest BCUT2D eigenvalue weighted by Gasteiger charge is -2.33. The van der Waals surface area contributed by atoms with E-state index in [-0.39, 0.29) is 5.92 Å². The van der Waals surface area contributed by atoms with Crippen molar-refractivity contribution >= 4 is 0 Å². The average molecular weight is 319 g/mol. The average Bonchev–Trinajstić information content (AvgIpc) is 2.63. The molecule has 0 saturated heterocycles. The molecule has 24 heavy (non-hydrogen) atoms. The first-order chi connectivity index (χ1) is 11.6. The Morgan fingerprint density at radius 2 is 1.71 bits per heavy atom. The third kappa shape index (κ3) is 3.17. The molecule has 0 unspecified atom stereocenters. The van der Waals surface area contributed by atoms with Crippen LogP contribution in [0.15, 0.2) is 79.0 Å². The molecule has 0 fully saturated rings. The fourth-order valence-corrected chi connectivity index (χ4v) is 3.08. The van der Waals surface area contributed by atoms with Crippen molar-refractivity contribution in [3.8, 4) is 5.75 Å². The van der Waals surface area contributed by atoms with Crippen molar-refractivity contribution in [2.45, 2.75) is 18.4 Å². The summed E-state index contributed by atoms with van der Waals surface area (Å²) in [6.45, 7) is 1.83. The molecule has 0 bridgehead atoms. The minimum Gasteiger partial charge on any atom is -0.497 e. The van der Waals surface area contributed by atoms with Crippen LogP contribution in [0, 0.1) is 0 Å². The molecule has 1 aromatic heterocycles. The van der Waals surface area contributed by atoms with Gasteiger partial charge in [-0.2, -0.15) is 0 Å². The first kappa shape index (κ1) is 16.2. The molecule has 3 nitrogen and oxygen atoms in total. The van der Waals surface area contributed by atoms with Crippen LogP contribution in [0.3, 0.4) is 0 Å². The Morgan fingerprint density at radius 3 is 2.38 bits per heavy atom. The fraction of sp³-hybridized carbons (Fsp3) is 0.190. The van der Waals surface area contributed by atoms with Crippen LogP contribution in [0.1, 0.15) is 29.7 Å². The summed E-state index contributed by atoms with van der Waals surface area (Å²) < 4.78 is 5.31. The predicted molar refractivity (Wildman–Crippen MR) is 95.1 cm³/mol. The molecule has 3 rings (SSSR count). The van der Waals surface area contributed by atoms with E-state index in [2.05, 4.69) is 4.98 Å². The number of ether oxygens (including phenoxy) is 1. The van der Waals surface area contributed by atoms with Crippen LogP contribution in [0.25, 0.3) is 0 Å². The summed E-state index contributed by atoms with van der Waals surface area (Å²) in [5.74, 6) is 0.438. The second kappa shape index (κ2) is 6.85. The van der Waals surface area contributed by atoms with Crippen molar-refractivity contribution in [3.05, 3.63) is 95.8 Å². The van der Waals surface area contributed by atoms with Gasteiger partial charge < -0.3 is 9.84 Å². The van der Waals surface area contributed by atoms with E-state index in [1.807, 2.05) is 79.7 Å². The summed E-state index contributed by atoms with van der Waals surface area (Å²) in [7, 11) is 1.63. The third-order valence-electron chi connectivity index (χ3n) is 4.33. The van der Waals surface area contributed by atoms with E-state index in [9.17, 15) is 5.11 Å². The van der Waals surface area contributed by atoms with Crippen molar-refractivity contribution in [1.82, 2.24) is 4.98 Å². The molecule has 0 spiro atoms. The zero-order valence-electron chi connectivity index (χ0n) is 13.9. The van der Waals surface area contributed by atoms with Gasteiger partial charge in [0.25, 0.3) is 0 Å². The van der Waals surface area contributed by atoms with Crippen molar-refractivity contribution in [3.63, 3.8) is 0 Å². The number of nitrogens with zero attached hydrogens (tertiary/aromatic N) is 1. The summed E-state index contributed by atoms with van der Waals surface area (Å²) in [5.41, 5.74) is 1.51. The van der Waals surface area contributed by atoms with Crippen molar-refractivity contribution in [2.75, 3.05) is 7.11 Å². The molecule has 3 heteroatoms. The highest BCUT2D eigenvalue weighted by Gasteiger charge is 2.37. The van der Waals surface area contributed by atoms with Crippen LogP contribution < -0.4 is 4.74 Å². The Morgan fingerprint density at radius 1 is 0.958 bits per heavy atom. The number of rotatable bonds is 5. The Balaban J connectivity index is 2.13. The van der Waals surface area contributed by atoms with Gasteiger partial charge >= 0.3 is 0 Å². The minimum absolute atomic E-state index is 0.285. The number of benzene rings is 2. The van der Waals surface area contributed by atoms with E-state index < -0.39 is 5.60 Å². The summed E-state index contributed by atoms with van der Waals surface area (Å²) >= 11 is 0. The Kier molecular flexibility index (Phi) is 4.63. The molecular formula is C21H21NO2. The zero-order valence-corrected chi connectivity index (χ0v) is 13.9. The molecule has 0 radical (unpaired) electrons. The molecule has 0 aliphatic heterocycles. The van der Waals surface area contributed by atoms with E-state index in [0.717, 1.165) is 22.6 Å². The lowest BCUT2D eigenvalue weighted by Crippen LogP contribution is -2.31. The second-order valence-corrected chi connectivity index (χ2v) is 5.98. The number of aliphatic hydroxyl groups is 1. The molecule has 3 aromatic rings. The lowest BCUT2D eigenvalue weighted by molar-refractivity contribution is 0.0378. The van der Waals surface area contributed by atoms with Gasteiger partial charge in [-0.25, -0.2) is 0 Å². The molecular weight excluding hydrogens is 298 g/mol. The maximum atomic E-state index is 11.5. The van der Waals surface area contributed by atoms with Crippen LogP contribution in [0.4, 0.5) is 0 Å². The molecule has 0 amide bonds. The number of hydrogen-bond donors (Lipinski definition) is 1. The minimum atomic E-state index is -1.13. The van der Waals surface area contributed by atoms with Crippen molar-refractivity contribution in [1.29, 1.82) is 0 Å². The predicted octanol–water partition coefficient (Wildman–Crippen LogP) is 4.13. The molecule has 0 aliphatic carbocycles. The smallest absolute Gasteiger partial charge is 0.119 e. The van der Waals surface area contributed by atoms with E-state index in [0.29, 0.717) is 0 Å². The van der Waals surface area contributed by atoms with Gasteiger partial charge in [-0.05, 0) is 42.3 Å². The van der Waals surface area contributed by atoms with Crippen LogP contribution in [-0.4, -0.2) is 17.2 Å². The summed E-state index contributed by atoms with van der Waals surface area (Å²) in [5, 5.41) is 11.5. The first-order valence-electron chi connectivity index (χ1n) is 7.95. The molecule has 2 aromatic carbocycles. The van der Waals surface area contributed by atoms with Gasteiger partial charge in [0.2, 0.25) is 0 Å². The Labute approximate surface area is 142 Å². The molecule has 2 atom stereocenters. The second-order valence-electron chi connectivity index (χ2n) is 5.98. The summed E-state index contributed by atoms with van der Waals surface area (Å²) in [6.07, 6.45) is 1.76.